The zero-order valence-electron chi connectivity index (χ0n) is 17.6. The third-order valence-electron chi connectivity index (χ3n) is 2.38. The summed E-state index contributed by atoms with van der Waals surface area (Å²) in [6, 6.07) is 0. The zero-order chi connectivity index (χ0) is 24.9. The lowest BCUT2D eigenvalue weighted by Crippen LogP contribution is -2.39. The Balaban J connectivity index is -0.000000161. The zero-order valence-corrected chi connectivity index (χ0v) is 17.6. The number of carboxylic acids is 3. The fourth-order valence-electron chi connectivity index (χ4n) is 0.726. The molecule has 0 radical (unpaired) electrons. The van der Waals surface area contributed by atoms with Gasteiger partial charge in [-0.3, -0.25) is 0 Å². The van der Waals surface area contributed by atoms with Gasteiger partial charge in [-0.15, -0.1) is 0 Å². The minimum Gasteiger partial charge on any atom is -0.478 e. The van der Waals surface area contributed by atoms with Gasteiger partial charge in [0.05, 0.1) is 0 Å². The van der Waals surface area contributed by atoms with Crippen LogP contribution in [0.2, 0.25) is 0 Å². The molecule has 12 heteroatoms. The van der Waals surface area contributed by atoms with E-state index in [0.717, 1.165) is 0 Å². The molecule has 0 aromatic heterocycles. The molecule has 0 spiro atoms. The lowest BCUT2D eigenvalue weighted by molar-refractivity contribution is -0.420. The summed E-state index contributed by atoms with van der Waals surface area (Å²) in [5, 5.41) is 49.0. The summed E-state index contributed by atoms with van der Waals surface area (Å²) in [5.74, 6) is -4.36. The summed E-state index contributed by atoms with van der Waals surface area (Å²) in [4.78, 5) is 28.8. The monoisotopic (exact) mass is 440 g/mol. The number of rotatable bonds is 10. The number of hydrogen-bond acceptors (Lipinski definition) is 9. The molecule has 6 N–H and O–H groups in total. The van der Waals surface area contributed by atoms with Gasteiger partial charge in [-0.25, -0.2) is 14.4 Å². The van der Waals surface area contributed by atoms with Crippen LogP contribution in [-0.2, 0) is 28.6 Å². The second-order valence-electron chi connectivity index (χ2n) is 5.11. The topological polar surface area (TPSA) is 200 Å². The molecule has 0 atom stereocenters. The molecule has 0 bridgehead atoms. The van der Waals surface area contributed by atoms with Gasteiger partial charge in [0.15, 0.2) is 0 Å². The Bertz CT molecular complexity index is 443. The average molecular weight is 440 g/mol. The Morgan fingerprint density at radius 2 is 0.833 bits per heavy atom. The van der Waals surface area contributed by atoms with Crippen molar-refractivity contribution < 1.29 is 59.2 Å². The number of aliphatic carboxylic acids is 3. The van der Waals surface area contributed by atoms with E-state index >= 15 is 0 Å². The lowest BCUT2D eigenvalue weighted by atomic mass is 10.4. The normalized spacial score (nSPS) is 9.30. The minimum atomic E-state index is -1.56. The van der Waals surface area contributed by atoms with E-state index in [0.29, 0.717) is 0 Å². The van der Waals surface area contributed by atoms with Gasteiger partial charge in [0.25, 0.3) is 5.97 Å². The maximum Gasteiger partial charge on any atom is 0.330 e. The van der Waals surface area contributed by atoms with Crippen LogP contribution in [0.25, 0.3) is 0 Å². The lowest BCUT2D eigenvalue weighted by Gasteiger charge is -2.29. The van der Waals surface area contributed by atoms with Gasteiger partial charge in [0.1, 0.15) is 20.4 Å². The van der Waals surface area contributed by atoms with Crippen molar-refractivity contribution in [2.24, 2.45) is 0 Å². The van der Waals surface area contributed by atoms with Crippen molar-refractivity contribution in [3.63, 3.8) is 0 Å². The number of carboxylic acid groups (broad SMARTS) is 3. The van der Waals surface area contributed by atoms with Crippen molar-refractivity contribution in [2.75, 3.05) is 20.4 Å². The van der Waals surface area contributed by atoms with E-state index in [4.69, 9.17) is 30.6 Å². The second kappa shape index (κ2) is 21.1. The predicted octanol–water partition coefficient (Wildman–Crippen LogP) is 0.891. The molecule has 0 saturated heterocycles. The van der Waals surface area contributed by atoms with Crippen molar-refractivity contribution in [1.82, 2.24) is 0 Å². The highest BCUT2D eigenvalue weighted by molar-refractivity contribution is 5.85. The Kier molecular flexibility index (Phi) is 24.5. The summed E-state index contributed by atoms with van der Waals surface area (Å²) in [6.45, 7) is 13.6. The van der Waals surface area contributed by atoms with Crippen molar-refractivity contribution in [3.8, 4) is 0 Å². The maximum atomic E-state index is 9.60. The van der Waals surface area contributed by atoms with Crippen LogP contribution in [0.1, 0.15) is 34.1 Å². The van der Waals surface area contributed by atoms with E-state index in [1.54, 1.807) is 6.92 Å². The molecule has 0 unspecified atom stereocenters. The van der Waals surface area contributed by atoms with Crippen molar-refractivity contribution in [1.29, 1.82) is 0 Å². The SMILES string of the molecule is C=C(C)C(=O)O.C=C(C)C(=O)O.C=C(C)C(=O)O.CCC(OCO)(OCO)OCO. The molecule has 30 heavy (non-hydrogen) atoms. The molecule has 0 rings (SSSR count). The molecule has 0 saturated carbocycles. The highest BCUT2D eigenvalue weighted by atomic mass is 16.9. The first-order valence-corrected chi connectivity index (χ1v) is 8.08. The van der Waals surface area contributed by atoms with E-state index in [-0.39, 0.29) is 23.1 Å². The van der Waals surface area contributed by atoms with Crippen molar-refractivity contribution in [3.05, 3.63) is 36.5 Å². The van der Waals surface area contributed by atoms with Gasteiger partial charge in [-0.05, 0) is 20.8 Å². The fourth-order valence-corrected chi connectivity index (χ4v) is 0.726. The molecule has 176 valence electrons. The van der Waals surface area contributed by atoms with E-state index < -0.39 is 44.3 Å². The van der Waals surface area contributed by atoms with Crippen LogP contribution >= 0.6 is 0 Å². The molecular formula is C18H32O12. The number of aliphatic hydroxyl groups excluding tert-OH is 3. The van der Waals surface area contributed by atoms with Gasteiger partial charge in [0, 0.05) is 23.1 Å². The van der Waals surface area contributed by atoms with E-state index in [9.17, 15) is 14.4 Å². The number of hydrogen-bond donors (Lipinski definition) is 6. The number of carbonyl (C=O) groups is 3. The summed E-state index contributed by atoms with van der Waals surface area (Å²) in [6.07, 6.45) is 0.231. The first-order chi connectivity index (χ1) is 13.7. The maximum absolute atomic E-state index is 9.60. The molecule has 12 nitrogen and oxygen atoms in total. The van der Waals surface area contributed by atoms with Crippen molar-refractivity contribution in [2.45, 2.75) is 40.1 Å². The Labute approximate surface area is 174 Å². The van der Waals surface area contributed by atoms with Crippen LogP contribution in [0.5, 0.6) is 0 Å². The van der Waals surface area contributed by atoms with Crippen molar-refractivity contribution >= 4 is 17.9 Å². The predicted molar refractivity (Wildman–Crippen MR) is 105 cm³/mol. The Morgan fingerprint density at radius 1 is 0.667 bits per heavy atom. The highest BCUT2D eigenvalue weighted by Gasteiger charge is 2.31. The first kappa shape index (κ1) is 34.9. The Morgan fingerprint density at radius 3 is 0.900 bits per heavy atom. The molecule has 0 aliphatic rings. The average Bonchev–Trinajstić information content (AvgIpc) is 2.63. The third kappa shape index (κ3) is 25.4. The standard InChI is InChI=1S/C6H14O6.3C4H6O2/c1-2-6(10-3-7,11-4-8)12-5-9;3*1-3(2)4(5)6/h7-9H,2-5H2,1H3;3*1H2,2H3,(H,5,6). The molecule has 0 heterocycles. The van der Waals surface area contributed by atoms with Gasteiger partial charge in [-0.1, -0.05) is 26.7 Å². The largest absolute Gasteiger partial charge is 0.478 e. The third-order valence-corrected chi connectivity index (χ3v) is 2.38. The molecule has 0 aliphatic carbocycles. The molecule has 0 aromatic carbocycles. The van der Waals surface area contributed by atoms with Crippen LogP contribution in [0.3, 0.4) is 0 Å². The smallest absolute Gasteiger partial charge is 0.330 e. The first-order valence-electron chi connectivity index (χ1n) is 8.08. The molecule has 0 fully saturated rings. The summed E-state index contributed by atoms with van der Waals surface area (Å²) in [7, 11) is 0. The Hall–Kier alpha value is -2.61. The van der Waals surface area contributed by atoms with Gasteiger partial charge < -0.3 is 44.8 Å². The van der Waals surface area contributed by atoms with Crippen LogP contribution in [-0.4, -0.2) is 74.9 Å². The molecule has 0 aromatic rings. The minimum absolute atomic E-state index is 0.176. The van der Waals surface area contributed by atoms with E-state index in [1.165, 1.54) is 20.8 Å². The van der Waals surface area contributed by atoms with Gasteiger partial charge >= 0.3 is 17.9 Å². The number of ether oxygens (including phenoxy) is 3. The van der Waals surface area contributed by atoms with Crippen LogP contribution in [0.15, 0.2) is 36.5 Å². The van der Waals surface area contributed by atoms with E-state index in [2.05, 4.69) is 33.9 Å². The van der Waals surface area contributed by atoms with Crippen LogP contribution in [0.4, 0.5) is 0 Å². The highest BCUT2D eigenvalue weighted by Crippen LogP contribution is 2.18. The molecule has 0 aliphatic heterocycles. The summed E-state index contributed by atoms with van der Waals surface area (Å²) in [5.41, 5.74) is 0.528. The second-order valence-corrected chi connectivity index (χ2v) is 5.11. The van der Waals surface area contributed by atoms with Gasteiger partial charge in [0.2, 0.25) is 0 Å². The fraction of sp³-hybridized carbons (Fsp3) is 0.500. The van der Waals surface area contributed by atoms with E-state index in [1.807, 2.05) is 0 Å². The quantitative estimate of drug-likeness (QED) is 0.207. The molecule has 0 amide bonds. The van der Waals surface area contributed by atoms with Crippen LogP contribution in [0, 0.1) is 0 Å². The van der Waals surface area contributed by atoms with Gasteiger partial charge in [-0.2, -0.15) is 0 Å². The number of aliphatic hydroxyl groups is 3. The summed E-state index contributed by atoms with van der Waals surface area (Å²) >= 11 is 0. The van der Waals surface area contributed by atoms with Crippen LogP contribution < -0.4 is 0 Å². The molecular weight excluding hydrogens is 408 g/mol. The summed E-state index contributed by atoms with van der Waals surface area (Å²) < 4.78 is 14.0.